The van der Waals surface area contributed by atoms with Crippen molar-refractivity contribution in [2.45, 2.75) is 13.8 Å². The Kier molecular flexibility index (Phi) is 2.53. The minimum absolute atomic E-state index is 0.256. The van der Waals surface area contributed by atoms with Crippen LogP contribution in [0.4, 0.5) is 0 Å². The zero-order chi connectivity index (χ0) is 11.8. The van der Waals surface area contributed by atoms with Crippen LogP contribution in [-0.2, 0) is 0 Å². The Balaban J connectivity index is 2.38. The average Bonchev–Trinajstić information content (AvgIpc) is 2.64. The lowest BCUT2D eigenvalue weighted by molar-refractivity contribution is 1.67. The van der Waals surface area contributed by atoms with Crippen LogP contribution in [0, 0.1) is 13.8 Å². The highest BCUT2D eigenvalue weighted by Gasteiger charge is 2.12. The Labute approximate surface area is 103 Å². The summed E-state index contributed by atoms with van der Waals surface area (Å²) in [5.74, 6) is 0. The van der Waals surface area contributed by atoms with Gasteiger partial charge in [-0.15, -0.1) is 0 Å². The Morgan fingerprint density at radius 3 is 1.65 bits per heavy atom. The maximum Gasteiger partial charge on any atom is -0.00166 e. The van der Waals surface area contributed by atoms with Crippen LogP contribution < -0.4 is 0 Å². The largest absolute Gasteiger partial charge is 0.0861 e. The minimum atomic E-state index is -0.256. The summed E-state index contributed by atoms with van der Waals surface area (Å²) in [6, 6.07) is 19.7. The van der Waals surface area contributed by atoms with Crippen molar-refractivity contribution in [3.63, 3.8) is 0 Å². The van der Waals surface area contributed by atoms with Crippen LogP contribution in [0.2, 0.25) is 0 Å². The molecule has 0 saturated heterocycles. The summed E-state index contributed by atoms with van der Waals surface area (Å²) < 4.78 is 0. The third kappa shape index (κ3) is 1.61. The number of hydrogen-bond donors (Lipinski definition) is 0. The van der Waals surface area contributed by atoms with E-state index in [4.69, 9.17) is 0 Å². The van der Waals surface area contributed by atoms with Crippen molar-refractivity contribution in [2.75, 3.05) is 0 Å². The minimum Gasteiger partial charge on any atom is -0.0861 e. The number of benzene rings is 2. The summed E-state index contributed by atoms with van der Waals surface area (Å²) in [4.78, 5) is 0. The lowest BCUT2D eigenvalue weighted by Crippen LogP contribution is -1.68. The molecule has 0 N–H and O–H groups in total. The Hall–Kier alpha value is -1.52. The van der Waals surface area contributed by atoms with E-state index in [9.17, 15) is 0 Å². The zero-order valence-corrected chi connectivity index (χ0v) is 11.0. The van der Waals surface area contributed by atoms with Crippen molar-refractivity contribution in [3.05, 3.63) is 65.2 Å². The van der Waals surface area contributed by atoms with Gasteiger partial charge in [0.2, 0.25) is 0 Å². The second kappa shape index (κ2) is 4.05. The van der Waals surface area contributed by atoms with Gasteiger partial charge in [-0.05, 0) is 40.5 Å². The monoisotopic (exact) mass is 238 g/mol. The Morgan fingerprint density at radius 1 is 0.647 bits per heavy atom. The van der Waals surface area contributed by atoms with Crippen molar-refractivity contribution in [1.82, 2.24) is 0 Å². The molecule has 0 spiro atoms. The molecule has 17 heavy (non-hydrogen) atoms. The molecular formula is C16H15P. The van der Waals surface area contributed by atoms with Gasteiger partial charge in [0.1, 0.15) is 0 Å². The van der Waals surface area contributed by atoms with Gasteiger partial charge in [0.05, 0.1) is 0 Å². The molecule has 0 aliphatic heterocycles. The predicted octanol–water partition coefficient (Wildman–Crippen LogP) is 5.43. The van der Waals surface area contributed by atoms with Crippen molar-refractivity contribution < 1.29 is 0 Å². The molecule has 1 heterocycles. The summed E-state index contributed by atoms with van der Waals surface area (Å²) >= 11 is 0. The molecule has 0 saturated carbocycles. The van der Waals surface area contributed by atoms with Gasteiger partial charge in [0.15, 0.2) is 0 Å². The summed E-state index contributed by atoms with van der Waals surface area (Å²) in [7, 11) is -0.256. The van der Waals surface area contributed by atoms with E-state index in [1.54, 1.807) is 10.6 Å². The number of aryl methyl sites for hydroxylation is 2. The lowest BCUT2D eigenvalue weighted by atomic mass is 10.1. The molecular weight excluding hydrogens is 223 g/mol. The zero-order valence-electron chi connectivity index (χ0n) is 10.1. The highest BCUT2D eigenvalue weighted by atomic mass is 31.1. The number of hydrogen-bond acceptors (Lipinski definition) is 0. The van der Waals surface area contributed by atoms with E-state index in [1.165, 1.54) is 16.1 Å². The molecule has 0 nitrogen and oxygen atoms in total. The van der Waals surface area contributed by atoms with Crippen LogP contribution in [0.15, 0.2) is 54.6 Å². The van der Waals surface area contributed by atoms with Gasteiger partial charge in [-0.25, -0.2) is 0 Å². The maximum absolute atomic E-state index is 2.29. The fraction of sp³-hybridized carbons (Fsp3) is 0.125. The summed E-state index contributed by atoms with van der Waals surface area (Å²) in [6.07, 6.45) is 0. The highest BCUT2D eigenvalue weighted by Crippen LogP contribution is 2.52. The van der Waals surface area contributed by atoms with Crippen LogP contribution in [0.3, 0.4) is 0 Å². The van der Waals surface area contributed by atoms with Crippen LogP contribution in [-0.4, -0.2) is 0 Å². The van der Waals surface area contributed by atoms with E-state index < -0.39 is 0 Å². The number of rotatable bonds is 1. The maximum atomic E-state index is 2.29. The normalized spacial score (nSPS) is 10.9. The van der Waals surface area contributed by atoms with Gasteiger partial charge in [0.25, 0.3) is 0 Å². The predicted molar refractivity (Wildman–Crippen MR) is 77.5 cm³/mol. The molecule has 3 rings (SSSR count). The fourth-order valence-electron chi connectivity index (χ4n) is 2.57. The third-order valence-electron chi connectivity index (χ3n) is 3.39. The Morgan fingerprint density at radius 2 is 1.12 bits per heavy atom. The molecule has 1 heteroatoms. The quantitative estimate of drug-likeness (QED) is 0.530. The van der Waals surface area contributed by atoms with Gasteiger partial charge < -0.3 is 0 Å². The lowest BCUT2D eigenvalue weighted by Gasteiger charge is -2.04. The molecule has 84 valence electrons. The van der Waals surface area contributed by atoms with Crippen molar-refractivity contribution in [1.29, 1.82) is 0 Å². The van der Waals surface area contributed by atoms with Crippen molar-refractivity contribution in [2.24, 2.45) is 0 Å². The third-order valence-corrected chi connectivity index (χ3v) is 6.03. The van der Waals surface area contributed by atoms with Gasteiger partial charge in [-0.1, -0.05) is 62.1 Å². The molecule has 0 unspecified atom stereocenters. The molecule has 0 fully saturated rings. The van der Waals surface area contributed by atoms with Gasteiger partial charge in [0, 0.05) is 0 Å². The van der Waals surface area contributed by atoms with Crippen LogP contribution in [0.1, 0.15) is 10.6 Å². The van der Waals surface area contributed by atoms with Crippen LogP contribution in [0.5, 0.6) is 0 Å². The first-order valence-corrected chi connectivity index (χ1v) is 7.25. The van der Waals surface area contributed by atoms with Gasteiger partial charge >= 0.3 is 0 Å². The molecule has 0 aliphatic rings. The number of fused-ring (bicyclic) bond motifs is 1. The molecule has 1 aromatic heterocycles. The molecule has 0 amide bonds. The Bertz CT molecular complexity index is 624. The summed E-state index contributed by atoms with van der Waals surface area (Å²) in [6.45, 7) is 4.57. The van der Waals surface area contributed by atoms with Crippen LogP contribution in [0.25, 0.3) is 16.1 Å². The van der Waals surface area contributed by atoms with E-state index in [-0.39, 0.29) is 7.53 Å². The second-order valence-electron chi connectivity index (χ2n) is 4.39. The molecule has 3 aromatic rings. The highest BCUT2D eigenvalue weighted by molar-refractivity contribution is 7.59. The summed E-state index contributed by atoms with van der Waals surface area (Å²) in [5.41, 5.74) is 0. The van der Waals surface area contributed by atoms with E-state index in [2.05, 4.69) is 68.4 Å². The smallest absolute Gasteiger partial charge is 0.00166 e. The van der Waals surface area contributed by atoms with Gasteiger partial charge in [-0.2, -0.15) is 0 Å². The van der Waals surface area contributed by atoms with Crippen molar-refractivity contribution >= 4 is 18.3 Å². The second-order valence-corrected chi connectivity index (χ2v) is 6.92. The molecule has 0 aliphatic carbocycles. The first kappa shape index (κ1) is 10.6. The molecule has 0 radical (unpaired) electrons. The molecule has 2 aromatic carbocycles. The standard InChI is InChI=1S/C16H15P/c1-12-15-10-6-7-11-16(15)13(2)17(12)14-8-4-3-5-9-14/h3-11H,1-2H3. The molecule has 0 atom stereocenters. The van der Waals surface area contributed by atoms with E-state index in [1.807, 2.05) is 0 Å². The first-order valence-electron chi connectivity index (χ1n) is 5.91. The SMILES string of the molecule is Cc1c2ccccc2c(C)p1-c1ccccc1. The van der Waals surface area contributed by atoms with E-state index in [0.717, 1.165) is 0 Å². The summed E-state index contributed by atoms with van der Waals surface area (Å²) in [5, 5.41) is 7.44. The molecule has 0 bridgehead atoms. The fourth-order valence-corrected chi connectivity index (χ4v) is 5.19. The topological polar surface area (TPSA) is 0 Å². The van der Waals surface area contributed by atoms with E-state index in [0.29, 0.717) is 0 Å². The van der Waals surface area contributed by atoms with Crippen molar-refractivity contribution in [3.8, 4) is 5.30 Å². The van der Waals surface area contributed by atoms with Gasteiger partial charge in [-0.3, -0.25) is 0 Å². The first-order chi connectivity index (χ1) is 8.29. The average molecular weight is 238 g/mol. The van der Waals surface area contributed by atoms with Crippen LogP contribution >= 0.6 is 7.53 Å². The van der Waals surface area contributed by atoms with E-state index >= 15 is 0 Å².